The third-order valence-corrected chi connectivity index (χ3v) is 0.707. The molecular formula is C2H6O2Se. The van der Waals surface area contributed by atoms with Gasteiger partial charge in [0.2, 0.25) is 0 Å². The van der Waals surface area contributed by atoms with Gasteiger partial charge >= 0.3 is 37.5 Å². The quantitative estimate of drug-likeness (QED) is 0.496. The van der Waals surface area contributed by atoms with Gasteiger partial charge in [0.05, 0.1) is 0 Å². The first kappa shape index (κ1) is 5.44. The Morgan fingerprint density at radius 2 is 1.60 bits per heavy atom. The van der Waals surface area contributed by atoms with Crippen LogP contribution in [0.3, 0.4) is 0 Å². The zero-order valence-corrected chi connectivity index (χ0v) is 4.94. The topological polar surface area (TPSA) is 18.5 Å². The fourth-order valence-corrected chi connectivity index (χ4v) is 0.354. The standard InChI is InChI=1S/C2H6O2Se/c1-3-5-4-2/h1-2H3. The van der Waals surface area contributed by atoms with E-state index in [1.165, 1.54) is 0 Å². The molecule has 0 aromatic heterocycles. The van der Waals surface area contributed by atoms with Crippen LogP contribution < -0.4 is 0 Å². The summed E-state index contributed by atoms with van der Waals surface area (Å²) in [6.45, 7) is 0. The van der Waals surface area contributed by atoms with Crippen LogP contribution in [0.1, 0.15) is 0 Å². The first-order valence-electron chi connectivity index (χ1n) is 1.15. The van der Waals surface area contributed by atoms with Gasteiger partial charge in [-0.15, -0.1) is 0 Å². The van der Waals surface area contributed by atoms with E-state index in [2.05, 4.69) is 7.64 Å². The fraction of sp³-hybridized carbons (Fsp3) is 1.00. The van der Waals surface area contributed by atoms with Crippen LogP contribution in [0.2, 0.25) is 0 Å². The van der Waals surface area contributed by atoms with Crippen LogP contribution in [0.4, 0.5) is 0 Å². The summed E-state index contributed by atoms with van der Waals surface area (Å²) in [5.74, 6) is 0. The molecule has 0 spiro atoms. The van der Waals surface area contributed by atoms with Crippen molar-refractivity contribution in [1.82, 2.24) is 0 Å². The minimum absolute atomic E-state index is 0.0417. The van der Waals surface area contributed by atoms with E-state index in [-0.39, 0.29) is 15.6 Å². The normalized spacial score (nSPS) is 8.40. The second kappa shape index (κ2) is 4.44. The Labute approximate surface area is 38.3 Å². The van der Waals surface area contributed by atoms with E-state index < -0.39 is 0 Å². The van der Waals surface area contributed by atoms with Crippen LogP contribution in [0, 0.1) is 0 Å². The van der Waals surface area contributed by atoms with Crippen molar-refractivity contribution < 1.29 is 7.64 Å². The van der Waals surface area contributed by atoms with E-state index in [1.54, 1.807) is 14.2 Å². The molecule has 0 fully saturated rings. The molecule has 0 aliphatic heterocycles. The minimum atomic E-state index is -0.0417. The molecule has 0 rings (SSSR count). The Balaban J connectivity index is 2.19. The molecule has 2 nitrogen and oxygen atoms in total. The molecule has 0 aliphatic rings. The van der Waals surface area contributed by atoms with Crippen LogP contribution in [-0.4, -0.2) is 29.8 Å². The summed E-state index contributed by atoms with van der Waals surface area (Å²) >= 11 is -0.0417. The van der Waals surface area contributed by atoms with Crippen molar-refractivity contribution in [2.24, 2.45) is 0 Å². The second-order valence-corrected chi connectivity index (χ2v) is 2.09. The molecule has 0 saturated carbocycles. The van der Waals surface area contributed by atoms with Gasteiger partial charge in [-0.05, 0) is 0 Å². The average Bonchev–Trinajstić information content (AvgIpc) is 1.41. The molecule has 0 bridgehead atoms. The number of hydrogen-bond donors (Lipinski definition) is 0. The molecule has 0 atom stereocenters. The van der Waals surface area contributed by atoms with Gasteiger partial charge in [-0.1, -0.05) is 0 Å². The number of rotatable bonds is 2. The second-order valence-electron chi connectivity index (χ2n) is 0.401. The van der Waals surface area contributed by atoms with Crippen molar-refractivity contribution in [3.05, 3.63) is 0 Å². The summed E-state index contributed by atoms with van der Waals surface area (Å²) in [5, 5.41) is 0. The molecule has 0 aromatic rings. The zero-order valence-electron chi connectivity index (χ0n) is 3.22. The molecule has 0 amide bonds. The van der Waals surface area contributed by atoms with E-state index in [4.69, 9.17) is 0 Å². The van der Waals surface area contributed by atoms with Gasteiger partial charge in [0.25, 0.3) is 0 Å². The molecule has 32 valence electrons. The molecule has 0 N–H and O–H groups in total. The molecule has 0 saturated heterocycles. The Kier molecular flexibility index (Phi) is 4.83. The average molecular weight is 141 g/mol. The van der Waals surface area contributed by atoms with Crippen LogP contribution in [0.5, 0.6) is 0 Å². The molecular weight excluding hydrogens is 135 g/mol. The fourth-order valence-electron chi connectivity index (χ4n) is 0.0680. The first-order valence-corrected chi connectivity index (χ1v) is 2.55. The summed E-state index contributed by atoms with van der Waals surface area (Å²) in [4.78, 5) is 0. The van der Waals surface area contributed by atoms with Crippen molar-refractivity contribution in [1.29, 1.82) is 0 Å². The Bertz CT molecular complexity index is 15.1. The maximum atomic E-state index is 4.53. The van der Waals surface area contributed by atoms with Crippen molar-refractivity contribution in [3.8, 4) is 0 Å². The van der Waals surface area contributed by atoms with Gasteiger partial charge in [0.1, 0.15) is 0 Å². The molecule has 0 aromatic carbocycles. The third-order valence-electron chi connectivity index (χ3n) is 0.136. The zero-order chi connectivity index (χ0) is 4.12. The monoisotopic (exact) mass is 142 g/mol. The number of hydrogen-bond acceptors (Lipinski definition) is 2. The molecule has 5 heavy (non-hydrogen) atoms. The molecule has 0 heterocycles. The SMILES string of the molecule is CO[Se]OC. The molecule has 0 radical (unpaired) electrons. The van der Waals surface area contributed by atoms with Gasteiger partial charge in [-0.3, -0.25) is 0 Å². The van der Waals surface area contributed by atoms with Crippen molar-refractivity contribution in [3.63, 3.8) is 0 Å². The van der Waals surface area contributed by atoms with Crippen LogP contribution >= 0.6 is 0 Å². The van der Waals surface area contributed by atoms with E-state index >= 15 is 0 Å². The Morgan fingerprint density at radius 3 is 1.60 bits per heavy atom. The van der Waals surface area contributed by atoms with Gasteiger partial charge in [0, 0.05) is 0 Å². The van der Waals surface area contributed by atoms with Crippen LogP contribution in [0.25, 0.3) is 0 Å². The van der Waals surface area contributed by atoms with Crippen molar-refractivity contribution >= 4 is 15.6 Å². The Morgan fingerprint density at radius 1 is 1.20 bits per heavy atom. The summed E-state index contributed by atoms with van der Waals surface area (Å²) in [5.41, 5.74) is 0. The Hall–Kier alpha value is 0.439. The first-order chi connectivity index (χ1) is 2.41. The van der Waals surface area contributed by atoms with E-state index in [0.29, 0.717) is 0 Å². The predicted molar refractivity (Wildman–Crippen MR) is 19.8 cm³/mol. The van der Waals surface area contributed by atoms with Crippen molar-refractivity contribution in [2.45, 2.75) is 0 Å². The summed E-state index contributed by atoms with van der Waals surface area (Å²) < 4.78 is 9.06. The van der Waals surface area contributed by atoms with E-state index in [1.807, 2.05) is 0 Å². The molecule has 0 aliphatic carbocycles. The van der Waals surface area contributed by atoms with Crippen molar-refractivity contribution in [2.75, 3.05) is 14.2 Å². The summed E-state index contributed by atoms with van der Waals surface area (Å²) in [6.07, 6.45) is 0. The maximum absolute atomic E-state index is 4.53. The summed E-state index contributed by atoms with van der Waals surface area (Å²) in [7, 11) is 3.23. The third kappa shape index (κ3) is 4.44. The van der Waals surface area contributed by atoms with Crippen LogP contribution in [0.15, 0.2) is 0 Å². The predicted octanol–water partition coefficient (Wildman–Crippen LogP) is -0.187. The summed E-state index contributed by atoms with van der Waals surface area (Å²) in [6, 6.07) is 0. The van der Waals surface area contributed by atoms with E-state index in [9.17, 15) is 0 Å². The van der Waals surface area contributed by atoms with Gasteiger partial charge < -0.3 is 0 Å². The van der Waals surface area contributed by atoms with Crippen LogP contribution in [-0.2, 0) is 7.64 Å². The van der Waals surface area contributed by atoms with Gasteiger partial charge in [-0.2, -0.15) is 0 Å². The molecule has 0 unspecified atom stereocenters. The molecule has 3 heteroatoms. The van der Waals surface area contributed by atoms with E-state index in [0.717, 1.165) is 0 Å². The van der Waals surface area contributed by atoms with Gasteiger partial charge in [-0.25, -0.2) is 0 Å². The van der Waals surface area contributed by atoms with Gasteiger partial charge in [0.15, 0.2) is 0 Å².